The lowest BCUT2D eigenvalue weighted by atomic mass is 9.78. The first kappa shape index (κ1) is 14.5. The van der Waals surface area contributed by atoms with Crippen LogP contribution in [-0.4, -0.2) is 33.9 Å². The number of carbonyl (C=O) groups is 1. The third-order valence-electron chi connectivity index (χ3n) is 4.38. The Kier molecular flexibility index (Phi) is 3.56. The molecule has 1 aromatic heterocycles. The van der Waals surface area contributed by atoms with Crippen LogP contribution in [0, 0.1) is 5.41 Å². The molecule has 114 valence electrons. The number of hydrogen-bond donors (Lipinski definition) is 1. The first-order chi connectivity index (χ1) is 10.5. The van der Waals surface area contributed by atoms with Crippen LogP contribution < -0.4 is 5.56 Å². The second-order valence-corrected chi connectivity index (χ2v) is 6.43. The first-order valence-electron chi connectivity index (χ1n) is 7.36. The van der Waals surface area contributed by atoms with Gasteiger partial charge >= 0.3 is 0 Å². The zero-order chi connectivity index (χ0) is 15.7. The molecule has 1 saturated heterocycles. The van der Waals surface area contributed by atoms with Crippen LogP contribution in [0.25, 0.3) is 0 Å². The number of benzene rings is 1. The predicted octanol–water partition coefficient (Wildman–Crippen LogP) is 2.04. The van der Waals surface area contributed by atoms with Gasteiger partial charge in [-0.25, -0.2) is 4.98 Å². The van der Waals surface area contributed by atoms with Crippen molar-refractivity contribution in [3.8, 4) is 0 Å². The van der Waals surface area contributed by atoms with E-state index < -0.39 is 0 Å². The number of hydrogen-bond acceptors (Lipinski definition) is 3. The Balaban J connectivity index is 1.88. The lowest BCUT2D eigenvalue weighted by molar-refractivity contribution is 0.0775. The van der Waals surface area contributed by atoms with Gasteiger partial charge in [0.05, 0.1) is 6.33 Å². The summed E-state index contributed by atoms with van der Waals surface area (Å²) in [6, 6.07) is 10.2. The van der Waals surface area contributed by atoms with E-state index in [1.165, 1.54) is 18.1 Å². The van der Waals surface area contributed by atoms with E-state index in [4.69, 9.17) is 0 Å². The zero-order valence-corrected chi connectivity index (χ0v) is 12.7. The molecule has 0 spiro atoms. The number of H-pyrrole nitrogens is 1. The maximum Gasteiger partial charge on any atom is 0.263 e. The van der Waals surface area contributed by atoms with Gasteiger partial charge in [0.25, 0.3) is 11.5 Å². The summed E-state index contributed by atoms with van der Waals surface area (Å²) >= 11 is 0. The Morgan fingerprint density at radius 2 is 2.05 bits per heavy atom. The average Bonchev–Trinajstić information content (AvgIpc) is 2.83. The quantitative estimate of drug-likeness (QED) is 0.922. The monoisotopic (exact) mass is 297 g/mol. The van der Waals surface area contributed by atoms with Crippen molar-refractivity contribution in [2.75, 3.05) is 13.1 Å². The molecule has 0 saturated carbocycles. The molecule has 0 aliphatic carbocycles. The van der Waals surface area contributed by atoms with E-state index >= 15 is 0 Å². The molecule has 0 radical (unpaired) electrons. The van der Waals surface area contributed by atoms with Crippen molar-refractivity contribution in [3.63, 3.8) is 0 Å². The molecule has 1 amide bonds. The van der Waals surface area contributed by atoms with Crippen molar-refractivity contribution in [2.45, 2.75) is 19.8 Å². The molecule has 2 aromatic rings. The molecule has 5 heteroatoms. The minimum Gasteiger partial charge on any atom is -0.337 e. The normalized spacial score (nSPS) is 20.1. The summed E-state index contributed by atoms with van der Waals surface area (Å²) in [6.07, 6.45) is 2.63. The minimum atomic E-state index is -0.388. The SMILES string of the molecule is CC1(C)CN(C(=O)c2cnc[nH]c2=O)C[C@H]1c1ccccc1. The number of aromatic nitrogens is 2. The number of aromatic amines is 1. The van der Waals surface area contributed by atoms with E-state index in [1.807, 2.05) is 18.2 Å². The zero-order valence-electron chi connectivity index (χ0n) is 12.7. The number of nitrogens with zero attached hydrogens (tertiary/aromatic N) is 2. The van der Waals surface area contributed by atoms with Crippen LogP contribution in [0.4, 0.5) is 0 Å². The van der Waals surface area contributed by atoms with Gasteiger partial charge in [-0.1, -0.05) is 44.2 Å². The van der Waals surface area contributed by atoms with Gasteiger partial charge in [0.15, 0.2) is 0 Å². The summed E-state index contributed by atoms with van der Waals surface area (Å²) in [5.41, 5.74) is 0.905. The molecule has 3 rings (SSSR count). The first-order valence-corrected chi connectivity index (χ1v) is 7.36. The fourth-order valence-corrected chi connectivity index (χ4v) is 3.20. The molecule has 5 nitrogen and oxygen atoms in total. The van der Waals surface area contributed by atoms with Crippen LogP contribution in [0.15, 0.2) is 47.7 Å². The Bertz CT molecular complexity index is 737. The standard InChI is InChI=1S/C17H19N3O2/c1-17(2)10-20(9-14(17)12-6-4-3-5-7-12)16(22)13-8-18-11-19-15(13)21/h3-8,11,14H,9-10H2,1-2H3,(H,18,19,21)/t14-/m0/s1. The van der Waals surface area contributed by atoms with Crippen molar-refractivity contribution in [2.24, 2.45) is 5.41 Å². The molecule has 22 heavy (non-hydrogen) atoms. The fraction of sp³-hybridized carbons (Fsp3) is 0.353. The third kappa shape index (κ3) is 2.54. The Hall–Kier alpha value is -2.43. The van der Waals surface area contributed by atoms with E-state index in [9.17, 15) is 9.59 Å². The van der Waals surface area contributed by atoms with Gasteiger partial charge < -0.3 is 9.88 Å². The third-order valence-corrected chi connectivity index (χ3v) is 4.38. The molecule has 1 atom stereocenters. The molecule has 2 heterocycles. The molecular formula is C17H19N3O2. The Labute approximate surface area is 129 Å². The highest BCUT2D eigenvalue weighted by atomic mass is 16.2. The van der Waals surface area contributed by atoms with Crippen LogP contribution >= 0.6 is 0 Å². The van der Waals surface area contributed by atoms with Crippen LogP contribution in [0.3, 0.4) is 0 Å². The Morgan fingerprint density at radius 3 is 2.73 bits per heavy atom. The maximum atomic E-state index is 12.6. The predicted molar refractivity (Wildman–Crippen MR) is 83.7 cm³/mol. The summed E-state index contributed by atoms with van der Waals surface area (Å²) in [4.78, 5) is 32.4. The molecular weight excluding hydrogens is 278 g/mol. The van der Waals surface area contributed by atoms with E-state index in [-0.39, 0.29) is 28.4 Å². The largest absolute Gasteiger partial charge is 0.337 e. The lowest BCUT2D eigenvalue weighted by Crippen LogP contribution is -2.34. The topological polar surface area (TPSA) is 66.1 Å². The highest BCUT2D eigenvalue weighted by Gasteiger charge is 2.42. The maximum absolute atomic E-state index is 12.6. The van der Waals surface area contributed by atoms with E-state index in [2.05, 4.69) is 35.9 Å². The molecule has 1 aromatic carbocycles. The van der Waals surface area contributed by atoms with Gasteiger partial charge in [-0.2, -0.15) is 0 Å². The van der Waals surface area contributed by atoms with Crippen LogP contribution in [0.1, 0.15) is 35.7 Å². The van der Waals surface area contributed by atoms with Crippen molar-refractivity contribution in [1.29, 1.82) is 0 Å². The molecule has 0 bridgehead atoms. The number of likely N-dealkylation sites (tertiary alicyclic amines) is 1. The van der Waals surface area contributed by atoms with Crippen molar-refractivity contribution in [1.82, 2.24) is 14.9 Å². The van der Waals surface area contributed by atoms with Gasteiger partial charge in [-0.05, 0) is 11.0 Å². The smallest absolute Gasteiger partial charge is 0.263 e. The minimum absolute atomic E-state index is 0.0357. The second-order valence-electron chi connectivity index (χ2n) is 6.43. The summed E-state index contributed by atoms with van der Waals surface area (Å²) in [5, 5.41) is 0. The van der Waals surface area contributed by atoms with Crippen molar-refractivity contribution < 1.29 is 4.79 Å². The summed E-state index contributed by atoms with van der Waals surface area (Å²) in [6.45, 7) is 5.56. The average molecular weight is 297 g/mol. The van der Waals surface area contributed by atoms with E-state index in [0.717, 1.165) is 0 Å². The molecule has 1 aliphatic heterocycles. The van der Waals surface area contributed by atoms with E-state index in [1.54, 1.807) is 4.90 Å². The molecule has 1 aliphatic rings. The molecule has 1 fully saturated rings. The molecule has 0 unspecified atom stereocenters. The highest BCUT2D eigenvalue weighted by molar-refractivity contribution is 5.93. The summed E-state index contributed by atoms with van der Waals surface area (Å²) < 4.78 is 0. The number of rotatable bonds is 2. The second kappa shape index (κ2) is 5.40. The lowest BCUT2D eigenvalue weighted by Gasteiger charge is -2.25. The summed E-state index contributed by atoms with van der Waals surface area (Å²) in [5.74, 6) is 0.00857. The van der Waals surface area contributed by atoms with Crippen LogP contribution in [0.5, 0.6) is 0 Å². The van der Waals surface area contributed by atoms with Crippen molar-refractivity contribution >= 4 is 5.91 Å². The van der Waals surface area contributed by atoms with Gasteiger partial charge in [0.1, 0.15) is 5.56 Å². The van der Waals surface area contributed by atoms with Gasteiger partial charge in [-0.3, -0.25) is 9.59 Å². The fourth-order valence-electron chi connectivity index (χ4n) is 3.20. The highest BCUT2D eigenvalue weighted by Crippen LogP contribution is 2.42. The van der Waals surface area contributed by atoms with Crippen LogP contribution in [0.2, 0.25) is 0 Å². The Morgan fingerprint density at radius 1 is 1.32 bits per heavy atom. The van der Waals surface area contributed by atoms with Gasteiger partial charge in [0, 0.05) is 25.2 Å². The number of carbonyl (C=O) groups excluding carboxylic acids is 1. The van der Waals surface area contributed by atoms with Gasteiger partial charge in [-0.15, -0.1) is 0 Å². The van der Waals surface area contributed by atoms with Crippen LogP contribution in [-0.2, 0) is 0 Å². The molecule has 1 N–H and O–H groups in total. The van der Waals surface area contributed by atoms with E-state index in [0.29, 0.717) is 13.1 Å². The summed E-state index contributed by atoms with van der Waals surface area (Å²) in [7, 11) is 0. The van der Waals surface area contributed by atoms with Crippen molar-refractivity contribution in [3.05, 3.63) is 64.3 Å². The number of nitrogens with one attached hydrogen (secondary N) is 1. The van der Waals surface area contributed by atoms with Gasteiger partial charge in [0.2, 0.25) is 0 Å². The number of amides is 1.